The van der Waals surface area contributed by atoms with Crippen LogP contribution in [0.5, 0.6) is 0 Å². The third-order valence-corrected chi connectivity index (χ3v) is 4.63. The fraction of sp³-hybridized carbons (Fsp3) is 0.500. The van der Waals surface area contributed by atoms with Crippen molar-refractivity contribution in [3.8, 4) is 0 Å². The normalized spacial score (nSPS) is 17.1. The number of aryl methyl sites for hydroxylation is 1. The molecule has 6 nitrogen and oxygen atoms in total. The minimum atomic E-state index is -4.56. The highest BCUT2D eigenvalue weighted by molar-refractivity contribution is 5.89. The number of nitrogens with one attached hydrogen (secondary N) is 1. The van der Waals surface area contributed by atoms with Gasteiger partial charge in [-0.1, -0.05) is 6.07 Å². The average Bonchev–Trinajstić information content (AvgIpc) is 2.99. The minimum Gasteiger partial charge on any atom is -0.443 e. The van der Waals surface area contributed by atoms with E-state index in [9.17, 15) is 22.4 Å². The van der Waals surface area contributed by atoms with Gasteiger partial charge in [0.1, 0.15) is 11.4 Å². The molecule has 1 amide bonds. The number of nitrogens with zero attached hydrogens (tertiary/aromatic N) is 3. The molecule has 0 aliphatic carbocycles. The molecule has 1 aromatic carbocycles. The summed E-state index contributed by atoms with van der Waals surface area (Å²) in [5, 5.41) is 6.60. The number of halogens is 4. The van der Waals surface area contributed by atoms with Crippen molar-refractivity contribution in [3.05, 3.63) is 47.0 Å². The van der Waals surface area contributed by atoms with Crippen molar-refractivity contribution in [2.24, 2.45) is 7.05 Å². The predicted octanol–water partition coefficient (Wildman–Crippen LogP) is 4.55. The zero-order valence-electron chi connectivity index (χ0n) is 17.2. The highest BCUT2D eigenvalue weighted by Gasteiger charge is 2.37. The molecule has 1 unspecified atom stereocenters. The van der Waals surface area contributed by atoms with Gasteiger partial charge in [0.25, 0.3) is 0 Å². The van der Waals surface area contributed by atoms with Crippen LogP contribution in [0.2, 0.25) is 0 Å². The molecule has 10 heteroatoms. The number of ether oxygens (including phenoxy) is 1. The van der Waals surface area contributed by atoms with Gasteiger partial charge in [0, 0.05) is 37.9 Å². The van der Waals surface area contributed by atoms with Crippen molar-refractivity contribution >= 4 is 11.8 Å². The first-order valence-electron chi connectivity index (χ1n) is 9.48. The third-order valence-electron chi connectivity index (χ3n) is 4.63. The number of amides is 1. The van der Waals surface area contributed by atoms with Gasteiger partial charge < -0.3 is 10.1 Å². The van der Waals surface area contributed by atoms with Gasteiger partial charge in [-0.25, -0.2) is 9.18 Å². The van der Waals surface area contributed by atoms with Crippen LogP contribution in [0.1, 0.15) is 50.1 Å². The van der Waals surface area contributed by atoms with Crippen LogP contribution in [0.25, 0.3) is 0 Å². The smallest absolute Gasteiger partial charge is 0.435 e. The van der Waals surface area contributed by atoms with Crippen LogP contribution in [0.3, 0.4) is 0 Å². The Bertz CT molecular complexity index is 934. The predicted molar refractivity (Wildman–Crippen MR) is 102 cm³/mol. The first kappa shape index (κ1) is 22.1. The van der Waals surface area contributed by atoms with Crippen LogP contribution in [-0.4, -0.2) is 28.0 Å². The van der Waals surface area contributed by atoms with Crippen molar-refractivity contribution < 1.29 is 27.1 Å². The van der Waals surface area contributed by atoms with Gasteiger partial charge in [-0.15, -0.1) is 0 Å². The van der Waals surface area contributed by atoms with Crippen molar-refractivity contribution in [2.45, 2.75) is 51.6 Å². The van der Waals surface area contributed by atoms with E-state index in [1.807, 2.05) is 0 Å². The Morgan fingerprint density at radius 1 is 1.30 bits per heavy atom. The van der Waals surface area contributed by atoms with Gasteiger partial charge >= 0.3 is 12.3 Å². The summed E-state index contributed by atoms with van der Waals surface area (Å²) >= 11 is 0. The van der Waals surface area contributed by atoms with E-state index < -0.39 is 29.4 Å². The second-order valence-electron chi connectivity index (χ2n) is 8.23. The van der Waals surface area contributed by atoms with E-state index in [1.54, 1.807) is 20.8 Å². The van der Waals surface area contributed by atoms with Gasteiger partial charge in [0.05, 0.1) is 5.69 Å². The van der Waals surface area contributed by atoms with Crippen LogP contribution < -0.4 is 10.2 Å². The lowest BCUT2D eigenvalue weighted by Gasteiger charge is -2.35. The summed E-state index contributed by atoms with van der Waals surface area (Å²) in [6, 6.07) is 3.67. The number of alkyl halides is 3. The second-order valence-corrected chi connectivity index (χ2v) is 8.23. The van der Waals surface area contributed by atoms with E-state index >= 15 is 0 Å². The summed E-state index contributed by atoms with van der Waals surface area (Å²) in [5.41, 5.74) is -0.680. The zero-order valence-corrected chi connectivity index (χ0v) is 17.2. The fourth-order valence-corrected chi connectivity index (χ4v) is 3.44. The molecular formula is C20H24F4N4O2. The van der Waals surface area contributed by atoms with Crippen LogP contribution >= 0.6 is 0 Å². The Labute approximate surface area is 171 Å². The van der Waals surface area contributed by atoms with Crippen LogP contribution in [-0.2, 0) is 24.5 Å². The summed E-state index contributed by atoms with van der Waals surface area (Å²) in [6.45, 7) is 5.37. The van der Waals surface area contributed by atoms with Gasteiger partial charge in [-0.3, -0.25) is 9.58 Å². The molecule has 3 rings (SSSR count). The molecule has 1 aliphatic rings. The van der Waals surface area contributed by atoms with E-state index in [0.29, 0.717) is 17.7 Å². The maximum Gasteiger partial charge on any atom is 0.435 e. The number of hydrogen-bond acceptors (Lipinski definition) is 4. The first-order valence-corrected chi connectivity index (χ1v) is 9.48. The highest BCUT2D eigenvalue weighted by Crippen LogP contribution is 2.36. The molecule has 1 atom stereocenters. The van der Waals surface area contributed by atoms with E-state index in [-0.39, 0.29) is 24.7 Å². The summed E-state index contributed by atoms with van der Waals surface area (Å²) in [6.07, 6.45) is -3.41. The quantitative estimate of drug-likeness (QED) is 0.729. The number of rotatable bonds is 3. The van der Waals surface area contributed by atoms with Crippen LogP contribution in [0.15, 0.2) is 24.4 Å². The lowest BCUT2D eigenvalue weighted by atomic mass is 9.96. The molecular weight excluding hydrogens is 404 g/mol. The molecule has 0 radical (unpaired) electrons. The molecule has 0 saturated heterocycles. The van der Waals surface area contributed by atoms with Gasteiger partial charge in [0.15, 0.2) is 5.69 Å². The van der Waals surface area contributed by atoms with E-state index in [4.69, 9.17) is 4.74 Å². The van der Waals surface area contributed by atoms with Crippen molar-refractivity contribution in [3.63, 3.8) is 0 Å². The van der Waals surface area contributed by atoms with Crippen LogP contribution in [0.4, 0.5) is 28.0 Å². The average molecular weight is 428 g/mol. The first-order chi connectivity index (χ1) is 13.8. The number of carbonyl (C=O) groups excluding carboxylic acids is 1. The number of aromatic nitrogens is 2. The lowest BCUT2D eigenvalue weighted by Crippen LogP contribution is -2.42. The van der Waals surface area contributed by atoms with E-state index in [1.165, 1.54) is 36.3 Å². The molecule has 1 aromatic heterocycles. The van der Waals surface area contributed by atoms with Crippen LogP contribution in [0, 0.1) is 5.82 Å². The zero-order chi connectivity index (χ0) is 22.3. The monoisotopic (exact) mass is 428 g/mol. The van der Waals surface area contributed by atoms with Gasteiger partial charge in [0.2, 0.25) is 0 Å². The van der Waals surface area contributed by atoms with E-state index in [0.717, 1.165) is 4.68 Å². The number of benzene rings is 1. The SMILES string of the molecule is Cn1cc(CNC2CCN(C(=O)OC(C)(C)C)c3cc(F)ccc32)c(C(F)(F)F)n1. The molecule has 0 spiro atoms. The molecule has 164 valence electrons. The largest absolute Gasteiger partial charge is 0.443 e. The Morgan fingerprint density at radius 3 is 2.63 bits per heavy atom. The topological polar surface area (TPSA) is 59.4 Å². The molecule has 1 aliphatic heterocycles. The van der Waals surface area contributed by atoms with Crippen molar-refractivity contribution in [1.29, 1.82) is 0 Å². The Kier molecular flexibility index (Phi) is 5.81. The summed E-state index contributed by atoms with van der Waals surface area (Å²) in [7, 11) is 1.43. The summed E-state index contributed by atoms with van der Waals surface area (Å²) < 4.78 is 60.0. The third kappa shape index (κ3) is 4.92. The van der Waals surface area contributed by atoms with E-state index in [2.05, 4.69) is 10.4 Å². The molecule has 1 N–H and O–H groups in total. The fourth-order valence-electron chi connectivity index (χ4n) is 3.44. The standard InChI is InChI=1S/C20H24F4N4O2/c1-19(2,3)30-18(29)28-8-7-15(14-6-5-13(21)9-16(14)28)25-10-12-11-27(4)26-17(12)20(22,23)24/h5-6,9,11,15,25H,7-8,10H2,1-4H3. The lowest BCUT2D eigenvalue weighted by molar-refractivity contribution is -0.142. The number of carbonyl (C=O) groups is 1. The second kappa shape index (κ2) is 7.90. The Hall–Kier alpha value is -2.62. The molecule has 2 heterocycles. The van der Waals surface area contributed by atoms with Crippen molar-refractivity contribution in [2.75, 3.05) is 11.4 Å². The summed E-state index contributed by atoms with van der Waals surface area (Å²) in [5.74, 6) is -0.519. The minimum absolute atomic E-state index is 0.0169. The summed E-state index contributed by atoms with van der Waals surface area (Å²) in [4.78, 5) is 13.9. The number of hydrogen-bond donors (Lipinski definition) is 1. The number of anilines is 1. The molecule has 0 saturated carbocycles. The number of fused-ring (bicyclic) bond motifs is 1. The molecule has 2 aromatic rings. The highest BCUT2D eigenvalue weighted by atomic mass is 19.4. The molecule has 0 bridgehead atoms. The maximum atomic E-state index is 13.9. The van der Waals surface area contributed by atoms with Gasteiger partial charge in [-0.05, 0) is 44.9 Å². The molecule has 30 heavy (non-hydrogen) atoms. The van der Waals surface area contributed by atoms with Crippen molar-refractivity contribution in [1.82, 2.24) is 15.1 Å². The van der Waals surface area contributed by atoms with Gasteiger partial charge in [-0.2, -0.15) is 18.3 Å². The Balaban J connectivity index is 1.83. The Morgan fingerprint density at radius 2 is 2.00 bits per heavy atom. The maximum absolute atomic E-state index is 13.9. The molecule has 0 fully saturated rings.